The predicted molar refractivity (Wildman–Crippen MR) is 122 cm³/mol. The van der Waals surface area contributed by atoms with Gasteiger partial charge in [0.05, 0.1) is 20.3 Å². The van der Waals surface area contributed by atoms with Crippen molar-refractivity contribution in [3.63, 3.8) is 0 Å². The van der Waals surface area contributed by atoms with Gasteiger partial charge in [-0.1, -0.05) is 6.07 Å². The smallest absolute Gasteiger partial charge is 0.251 e. The molecule has 0 unspecified atom stereocenters. The van der Waals surface area contributed by atoms with E-state index < -0.39 is 21.5 Å². The van der Waals surface area contributed by atoms with Crippen molar-refractivity contribution in [3.05, 3.63) is 47.7 Å². The lowest BCUT2D eigenvalue weighted by Crippen LogP contribution is -2.40. The highest BCUT2D eigenvalue weighted by Gasteiger charge is 2.26. The summed E-state index contributed by atoms with van der Waals surface area (Å²) in [5.74, 6) is 0.651. The van der Waals surface area contributed by atoms with Crippen LogP contribution in [0.4, 0.5) is 5.82 Å². The molecule has 1 saturated heterocycles. The molecule has 1 fully saturated rings. The lowest BCUT2D eigenvalue weighted by molar-refractivity contribution is 0.0950. The maximum atomic E-state index is 12.8. The van der Waals surface area contributed by atoms with Crippen LogP contribution in [0.5, 0.6) is 5.75 Å². The van der Waals surface area contributed by atoms with Crippen LogP contribution in [-0.2, 0) is 21.3 Å². The minimum atomic E-state index is -3.88. The van der Waals surface area contributed by atoms with Crippen molar-refractivity contribution in [2.24, 2.45) is 0 Å². The Hall–Kier alpha value is -2.69. The molecule has 9 nitrogen and oxygen atoms in total. The number of sulfonamides is 1. The van der Waals surface area contributed by atoms with E-state index in [1.807, 2.05) is 12.1 Å². The van der Waals surface area contributed by atoms with Crippen molar-refractivity contribution in [2.45, 2.75) is 37.8 Å². The molecule has 0 radical (unpaired) electrons. The summed E-state index contributed by atoms with van der Waals surface area (Å²) in [4.78, 5) is 19.2. The van der Waals surface area contributed by atoms with E-state index in [1.165, 1.54) is 25.3 Å². The molecule has 3 rings (SSSR count). The van der Waals surface area contributed by atoms with Crippen LogP contribution in [0.2, 0.25) is 0 Å². The second-order valence-electron chi connectivity index (χ2n) is 8.53. The number of hydrogen-bond acceptors (Lipinski definition) is 7. The molecule has 1 aliphatic rings. The third-order valence-electron chi connectivity index (χ3n) is 4.75. The number of hydrogen-bond donors (Lipinski definition) is 2. The fourth-order valence-corrected chi connectivity index (χ4v) is 4.89. The molecular formula is C22H30N4O5S. The highest BCUT2D eigenvalue weighted by molar-refractivity contribution is 7.89. The van der Waals surface area contributed by atoms with E-state index in [4.69, 9.17) is 9.47 Å². The number of rotatable bonds is 7. The monoisotopic (exact) mass is 462 g/mol. The number of carbonyl (C=O) groups excluding carboxylic acids is 1. The predicted octanol–water partition coefficient (Wildman–Crippen LogP) is 1.93. The van der Waals surface area contributed by atoms with Gasteiger partial charge in [-0.05, 0) is 50.6 Å². The summed E-state index contributed by atoms with van der Waals surface area (Å²) in [6.45, 7) is 8.47. The van der Waals surface area contributed by atoms with Crippen LogP contribution in [0.15, 0.2) is 41.4 Å². The summed E-state index contributed by atoms with van der Waals surface area (Å²) in [5.41, 5.74) is 0.381. The lowest BCUT2D eigenvalue weighted by atomic mass is 10.1. The highest BCUT2D eigenvalue weighted by Crippen LogP contribution is 2.26. The van der Waals surface area contributed by atoms with Crippen LogP contribution in [0.3, 0.4) is 0 Å². The van der Waals surface area contributed by atoms with Crippen molar-refractivity contribution in [1.29, 1.82) is 0 Å². The van der Waals surface area contributed by atoms with Gasteiger partial charge in [-0.2, -0.15) is 0 Å². The second kappa shape index (κ2) is 9.85. The summed E-state index contributed by atoms with van der Waals surface area (Å²) in [6, 6.07) is 8.16. The van der Waals surface area contributed by atoms with Crippen molar-refractivity contribution in [1.82, 2.24) is 15.0 Å². The summed E-state index contributed by atoms with van der Waals surface area (Å²) in [5, 5.41) is 2.81. The standard InChI is InChI=1S/C22H30N4O5S/c1-22(2,3)25-32(28,29)19-13-17(6-7-18(19)30-4)21(27)24-15-16-5-8-20(23-14-16)26-9-11-31-12-10-26/h5-8,13-14,25H,9-12,15H2,1-4H3,(H,24,27). The van der Waals surface area contributed by atoms with Gasteiger partial charge in [-0.25, -0.2) is 18.1 Å². The minimum absolute atomic E-state index is 0.0842. The molecular weight excluding hydrogens is 432 g/mol. The molecule has 1 aliphatic heterocycles. The maximum Gasteiger partial charge on any atom is 0.251 e. The average molecular weight is 463 g/mol. The number of ether oxygens (including phenoxy) is 2. The van der Waals surface area contributed by atoms with E-state index in [2.05, 4.69) is 19.9 Å². The van der Waals surface area contributed by atoms with Crippen molar-refractivity contribution in [3.8, 4) is 5.75 Å². The first kappa shape index (κ1) is 24.0. The molecule has 0 bridgehead atoms. The Morgan fingerprint density at radius 1 is 1.19 bits per heavy atom. The second-order valence-corrected chi connectivity index (χ2v) is 10.2. The van der Waals surface area contributed by atoms with Crippen LogP contribution in [0.1, 0.15) is 36.7 Å². The van der Waals surface area contributed by atoms with Gasteiger partial charge in [0.2, 0.25) is 10.0 Å². The van der Waals surface area contributed by atoms with Crippen LogP contribution < -0.4 is 19.7 Å². The molecule has 1 amide bonds. The molecule has 2 N–H and O–H groups in total. The number of pyridine rings is 1. The summed E-state index contributed by atoms with van der Waals surface area (Å²) < 4.78 is 38.7. The molecule has 0 aliphatic carbocycles. The van der Waals surface area contributed by atoms with Crippen LogP contribution in [-0.4, -0.2) is 58.3 Å². The highest BCUT2D eigenvalue weighted by atomic mass is 32.2. The van der Waals surface area contributed by atoms with E-state index in [0.29, 0.717) is 13.2 Å². The number of nitrogens with one attached hydrogen (secondary N) is 2. The molecule has 0 spiro atoms. The number of aromatic nitrogens is 1. The van der Waals surface area contributed by atoms with E-state index in [-0.39, 0.29) is 22.8 Å². The van der Waals surface area contributed by atoms with Gasteiger partial charge in [0.25, 0.3) is 5.91 Å². The van der Waals surface area contributed by atoms with Gasteiger partial charge in [0.1, 0.15) is 16.5 Å². The zero-order chi connectivity index (χ0) is 23.4. The zero-order valence-corrected chi connectivity index (χ0v) is 19.7. The molecule has 174 valence electrons. The molecule has 0 saturated carbocycles. The molecule has 1 aromatic heterocycles. The number of benzene rings is 1. The van der Waals surface area contributed by atoms with Gasteiger partial charge < -0.3 is 19.7 Å². The lowest BCUT2D eigenvalue weighted by Gasteiger charge is -2.27. The molecule has 32 heavy (non-hydrogen) atoms. The Kier molecular flexibility index (Phi) is 7.37. The van der Waals surface area contributed by atoms with Crippen molar-refractivity contribution >= 4 is 21.7 Å². The maximum absolute atomic E-state index is 12.8. The first-order chi connectivity index (χ1) is 15.1. The number of morpholine rings is 1. The number of anilines is 1. The van der Waals surface area contributed by atoms with Crippen LogP contribution in [0, 0.1) is 0 Å². The van der Waals surface area contributed by atoms with Gasteiger partial charge in [0.15, 0.2) is 0 Å². The number of amides is 1. The average Bonchev–Trinajstić information content (AvgIpc) is 2.76. The summed E-state index contributed by atoms with van der Waals surface area (Å²) in [7, 11) is -2.49. The van der Waals surface area contributed by atoms with Gasteiger partial charge in [0, 0.05) is 36.9 Å². The Labute approximate surface area is 189 Å². The topological polar surface area (TPSA) is 110 Å². The Morgan fingerprint density at radius 3 is 2.50 bits per heavy atom. The normalized spacial score (nSPS) is 14.8. The Morgan fingerprint density at radius 2 is 1.91 bits per heavy atom. The first-order valence-corrected chi connectivity index (χ1v) is 11.9. The third-order valence-corrected chi connectivity index (χ3v) is 6.53. The number of carbonyl (C=O) groups is 1. The third kappa shape index (κ3) is 6.18. The molecule has 0 atom stereocenters. The summed E-state index contributed by atoms with van der Waals surface area (Å²) in [6.07, 6.45) is 1.72. The van der Waals surface area contributed by atoms with E-state index in [1.54, 1.807) is 27.0 Å². The van der Waals surface area contributed by atoms with E-state index in [9.17, 15) is 13.2 Å². The Balaban J connectivity index is 1.70. The van der Waals surface area contributed by atoms with E-state index in [0.717, 1.165) is 24.5 Å². The van der Waals surface area contributed by atoms with Gasteiger partial charge >= 0.3 is 0 Å². The molecule has 1 aromatic carbocycles. The molecule has 2 heterocycles. The summed E-state index contributed by atoms with van der Waals surface area (Å²) >= 11 is 0. The number of nitrogens with zero attached hydrogens (tertiary/aromatic N) is 2. The van der Waals surface area contributed by atoms with Crippen LogP contribution >= 0.6 is 0 Å². The quantitative estimate of drug-likeness (QED) is 0.647. The molecule has 10 heteroatoms. The van der Waals surface area contributed by atoms with E-state index >= 15 is 0 Å². The fraction of sp³-hybridized carbons (Fsp3) is 0.455. The first-order valence-electron chi connectivity index (χ1n) is 10.4. The number of methoxy groups -OCH3 is 1. The Bertz CT molecular complexity index is 1040. The fourth-order valence-electron chi connectivity index (χ4n) is 3.27. The largest absolute Gasteiger partial charge is 0.495 e. The molecule has 2 aromatic rings. The zero-order valence-electron chi connectivity index (χ0n) is 18.8. The van der Waals surface area contributed by atoms with Gasteiger partial charge in [-0.3, -0.25) is 4.79 Å². The van der Waals surface area contributed by atoms with Crippen molar-refractivity contribution < 1.29 is 22.7 Å². The van der Waals surface area contributed by atoms with Crippen molar-refractivity contribution in [2.75, 3.05) is 38.3 Å². The van der Waals surface area contributed by atoms with Gasteiger partial charge in [-0.15, -0.1) is 0 Å². The minimum Gasteiger partial charge on any atom is -0.495 e. The van der Waals surface area contributed by atoms with Crippen LogP contribution in [0.25, 0.3) is 0 Å². The SMILES string of the molecule is COc1ccc(C(=O)NCc2ccc(N3CCOCC3)nc2)cc1S(=O)(=O)NC(C)(C)C.